The van der Waals surface area contributed by atoms with Crippen molar-refractivity contribution in [2.45, 2.75) is 0 Å². The predicted molar refractivity (Wildman–Crippen MR) is 70.6 cm³/mol. The number of hydrogen-bond acceptors (Lipinski definition) is 5. The molecule has 2 rings (SSSR count). The van der Waals surface area contributed by atoms with E-state index < -0.39 is 0 Å². The van der Waals surface area contributed by atoms with Crippen molar-refractivity contribution in [2.24, 2.45) is 0 Å². The first-order valence-corrected chi connectivity index (χ1v) is 5.03. The molecule has 0 bridgehead atoms. The predicted octanol–water partition coefficient (Wildman–Crippen LogP) is 1.81. The Labute approximate surface area is 99.0 Å². The Hall–Kier alpha value is -2.56. The van der Waals surface area contributed by atoms with Gasteiger partial charge in [-0.3, -0.25) is 0 Å². The van der Waals surface area contributed by atoms with Crippen molar-refractivity contribution in [3.8, 4) is 11.5 Å². The van der Waals surface area contributed by atoms with Crippen LogP contribution in [0.4, 0.5) is 22.7 Å². The molecular weight excluding hydrogens is 216 g/mol. The van der Waals surface area contributed by atoms with Crippen LogP contribution in [-0.4, -0.2) is 0 Å². The Morgan fingerprint density at radius 2 is 0.824 bits per heavy atom. The van der Waals surface area contributed by atoms with E-state index in [0.29, 0.717) is 34.2 Å². The molecular formula is C12H14N4O. The van der Waals surface area contributed by atoms with Gasteiger partial charge in [0, 0.05) is 47.0 Å². The minimum atomic E-state index is 0.539. The Morgan fingerprint density at radius 3 is 1.12 bits per heavy atom. The number of nitrogens with two attached hydrogens (primary N) is 4. The Kier molecular flexibility index (Phi) is 2.66. The molecule has 0 spiro atoms. The van der Waals surface area contributed by atoms with Crippen LogP contribution in [0.1, 0.15) is 0 Å². The maximum atomic E-state index is 5.66. The van der Waals surface area contributed by atoms with Gasteiger partial charge >= 0.3 is 0 Å². The normalized spacial score (nSPS) is 10.1. The van der Waals surface area contributed by atoms with Crippen molar-refractivity contribution in [3.05, 3.63) is 36.4 Å². The molecule has 0 radical (unpaired) electrons. The van der Waals surface area contributed by atoms with E-state index in [1.807, 2.05) is 0 Å². The minimum Gasteiger partial charge on any atom is -0.457 e. The molecule has 0 fully saturated rings. The monoisotopic (exact) mass is 230 g/mol. The highest BCUT2D eigenvalue weighted by Crippen LogP contribution is 2.28. The Balaban J connectivity index is 2.31. The third kappa shape index (κ3) is 2.72. The first-order valence-electron chi connectivity index (χ1n) is 5.03. The zero-order chi connectivity index (χ0) is 12.4. The summed E-state index contributed by atoms with van der Waals surface area (Å²) in [6.45, 7) is 0. The van der Waals surface area contributed by atoms with Crippen LogP contribution in [0.5, 0.6) is 11.5 Å². The maximum Gasteiger partial charge on any atom is 0.131 e. The van der Waals surface area contributed by atoms with E-state index in [0.717, 1.165) is 0 Å². The second-order valence-corrected chi connectivity index (χ2v) is 3.77. The second-order valence-electron chi connectivity index (χ2n) is 3.77. The van der Waals surface area contributed by atoms with Crippen LogP contribution in [0.3, 0.4) is 0 Å². The maximum absolute atomic E-state index is 5.66. The molecule has 0 aliphatic carbocycles. The smallest absolute Gasteiger partial charge is 0.131 e. The number of rotatable bonds is 2. The highest BCUT2D eigenvalue weighted by molar-refractivity contribution is 5.60. The van der Waals surface area contributed by atoms with Crippen LogP contribution < -0.4 is 27.7 Å². The molecule has 2 aromatic rings. The lowest BCUT2D eigenvalue weighted by Crippen LogP contribution is -1.94. The van der Waals surface area contributed by atoms with Crippen LogP contribution in [0.25, 0.3) is 0 Å². The van der Waals surface area contributed by atoms with Crippen LogP contribution in [0.2, 0.25) is 0 Å². The van der Waals surface area contributed by atoms with Gasteiger partial charge in [-0.2, -0.15) is 0 Å². The number of nitrogen functional groups attached to an aromatic ring is 4. The van der Waals surface area contributed by atoms with Gasteiger partial charge < -0.3 is 27.7 Å². The summed E-state index contributed by atoms with van der Waals surface area (Å²) in [7, 11) is 0. The summed E-state index contributed by atoms with van der Waals surface area (Å²) in [5.74, 6) is 1.10. The van der Waals surface area contributed by atoms with E-state index in [1.54, 1.807) is 36.4 Å². The SMILES string of the molecule is Nc1cc(N)cc(Oc2cc(N)cc(N)c2)c1. The molecule has 0 aromatic heterocycles. The fraction of sp³-hybridized carbons (Fsp3) is 0. The summed E-state index contributed by atoms with van der Waals surface area (Å²) in [5, 5.41) is 0. The van der Waals surface area contributed by atoms with Crippen molar-refractivity contribution in [1.82, 2.24) is 0 Å². The van der Waals surface area contributed by atoms with Gasteiger partial charge in [-0.05, 0) is 12.1 Å². The first kappa shape index (κ1) is 10.9. The molecule has 0 aliphatic heterocycles. The summed E-state index contributed by atoms with van der Waals surface area (Å²) in [4.78, 5) is 0. The Morgan fingerprint density at radius 1 is 0.529 bits per heavy atom. The van der Waals surface area contributed by atoms with Gasteiger partial charge in [-0.25, -0.2) is 0 Å². The molecule has 5 heteroatoms. The standard InChI is InChI=1S/C12H14N4O/c13-7-1-8(14)4-11(3-7)17-12-5-9(15)2-10(16)6-12/h1-6H,13-16H2. The van der Waals surface area contributed by atoms with Gasteiger partial charge in [0.2, 0.25) is 0 Å². The lowest BCUT2D eigenvalue weighted by molar-refractivity contribution is 0.484. The molecule has 0 aliphatic rings. The van der Waals surface area contributed by atoms with Crippen molar-refractivity contribution in [3.63, 3.8) is 0 Å². The zero-order valence-corrected chi connectivity index (χ0v) is 9.18. The molecule has 0 saturated heterocycles. The topological polar surface area (TPSA) is 113 Å². The van der Waals surface area contributed by atoms with Gasteiger partial charge in [-0.1, -0.05) is 0 Å². The van der Waals surface area contributed by atoms with E-state index in [2.05, 4.69) is 0 Å². The number of hydrogen-bond donors (Lipinski definition) is 4. The highest BCUT2D eigenvalue weighted by atomic mass is 16.5. The molecule has 0 heterocycles. The van der Waals surface area contributed by atoms with Crippen LogP contribution in [0, 0.1) is 0 Å². The van der Waals surface area contributed by atoms with Crippen molar-refractivity contribution in [2.75, 3.05) is 22.9 Å². The summed E-state index contributed by atoms with van der Waals surface area (Å²) in [6.07, 6.45) is 0. The average Bonchev–Trinajstić information content (AvgIpc) is 2.13. The van der Waals surface area contributed by atoms with E-state index in [-0.39, 0.29) is 0 Å². The molecule has 2 aromatic carbocycles. The lowest BCUT2D eigenvalue weighted by Gasteiger charge is -2.09. The molecule has 0 saturated carbocycles. The van der Waals surface area contributed by atoms with Gasteiger partial charge in [0.15, 0.2) is 0 Å². The van der Waals surface area contributed by atoms with Gasteiger partial charge in [-0.15, -0.1) is 0 Å². The first-order chi connectivity index (χ1) is 8.02. The van der Waals surface area contributed by atoms with Crippen LogP contribution in [0.15, 0.2) is 36.4 Å². The Bertz CT molecular complexity index is 464. The zero-order valence-electron chi connectivity index (χ0n) is 9.18. The van der Waals surface area contributed by atoms with Gasteiger partial charge in [0.25, 0.3) is 0 Å². The summed E-state index contributed by atoms with van der Waals surface area (Å²) in [5.41, 5.74) is 24.8. The average molecular weight is 230 g/mol. The van der Waals surface area contributed by atoms with E-state index in [4.69, 9.17) is 27.7 Å². The summed E-state index contributed by atoms with van der Waals surface area (Å²) in [6, 6.07) is 10.0. The van der Waals surface area contributed by atoms with Crippen LogP contribution in [-0.2, 0) is 0 Å². The summed E-state index contributed by atoms with van der Waals surface area (Å²) < 4.78 is 5.58. The highest BCUT2D eigenvalue weighted by Gasteiger charge is 2.02. The molecule has 0 amide bonds. The van der Waals surface area contributed by atoms with Crippen molar-refractivity contribution < 1.29 is 4.74 Å². The van der Waals surface area contributed by atoms with Crippen molar-refractivity contribution in [1.29, 1.82) is 0 Å². The molecule has 5 nitrogen and oxygen atoms in total. The molecule has 17 heavy (non-hydrogen) atoms. The van der Waals surface area contributed by atoms with Crippen LogP contribution >= 0.6 is 0 Å². The molecule has 0 unspecified atom stereocenters. The van der Waals surface area contributed by atoms with E-state index in [1.165, 1.54) is 0 Å². The van der Waals surface area contributed by atoms with Gasteiger partial charge in [0.05, 0.1) is 0 Å². The fourth-order valence-electron chi connectivity index (χ4n) is 1.55. The lowest BCUT2D eigenvalue weighted by atomic mass is 10.2. The number of anilines is 4. The summed E-state index contributed by atoms with van der Waals surface area (Å²) >= 11 is 0. The minimum absolute atomic E-state index is 0.539. The molecule has 8 N–H and O–H groups in total. The third-order valence-corrected chi connectivity index (χ3v) is 2.14. The van der Waals surface area contributed by atoms with Gasteiger partial charge in [0.1, 0.15) is 11.5 Å². The fourth-order valence-corrected chi connectivity index (χ4v) is 1.55. The number of benzene rings is 2. The van der Waals surface area contributed by atoms with Crippen molar-refractivity contribution >= 4 is 22.7 Å². The second kappa shape index (κ2) is 4.13. The number of ether oxygens (including phenoxy) is 1. The third-order valence-electron chi connectivity index (χ3n) is 2.14. The largest absolute Gasteiger partial charge is 0.457 e. The van der Waals surface area contributed by atoms with E-state index >= 15 is 0 Å². The molecule has 0 atom stereocenters. The quantitative estimate of drug-likeness (QED) is 0.587. The molecule has 88 valence electrons. The van der Waals surface area contributed by atoms with E-state index in [9.17, 15) is 0 Å².